The van der Waals surface area contributed by atoms with Crippen LogP contribution in [0.4, 0.5) is 8.78 Å². The number of rotatable bonds is 3. The van der Waals surface area contributed by atoms with Crippen molar-refractivity contribution in [2.45, 2.75) is 38.8 Å². The maximum absolute atomic E-state index is 13.2. The average Bonchev–Trinajstić information content (AvgIpc) is 2.41. The van der Waals surface area contributed by atoms with Crippen LogP contribution in [-0.4, -0.2) is 18.5 Å². The van der Waals surface area contributed by atoms with Crippen LogP contribution in [0.3, 0.4) is 0 Å². The van der Waals surface area contributed by atoms with E-state index < -0.39 is 11.6 Å². The minimum Gasteiger partial charge on any atom is -0.348 e. The van der Waals surface area contributed by atoms with E-state index in [1.165, 1.54) is 6.07 Å². The number of halogens is 2. The van der Waals surface area contributed by atoms with E-state index in [0.717, 1.165) is 31.5 Å². The van der Waals surface area contributed by atoms with E-state index in [1.807, 2.05) is 0 Å². The molecule has 0 aliphatic carbocycles. The van der Waals surface area contributed by atoms with Gasteiger partial charge < -0.3 is 10.6 Å². The monoisotopic (exact) mass is 282 g/mol. The molecule has 1 heterocycles. The highest BCUT2D eigenvalue weighted by Gasteiger charge is 2.25. The molecule has 110 valence electrons. The number of hydrogen-bond acceptors (Lipinski definition) is 2. The largest absolute Gasteiger partial charge is 0.348 e. The molecule has 0 aromatic heterocycles. The van der Waals surface area contributed by atoms with Crippen molar-refractivity contribution in [1.82, 2.24) is 10.6 Å². The number of nitrogens with one attached hydrogen (secondary N) is 2. The Morgan fingerprint density at radius 2 is 2.15 bits per heavy atom. The summed E-state index contributed by atoms with van der Waals surface area (Å²) in [4.78, 5) is 12.1. The summed E-state index contributed by atoms with van der Waals surface area (Å²) >= 11 is 0. The summed E-state index contributed by atoms with van der Waals surface area (Å²) in [6, 6.07) is 3.13. The lowest BCUT2D eigenvalue weighted by Crippen LogP contribution is -2.48. The Morgan fingerprint density at radius 1 is 1.40 bits per heavy atom. The van der Waals surface area contributed by atoms with E-state index in [-0.39, 0.29) is 18.0 Å². The molecule has 1 aromatic rings. The van der Waals surface area contributed by atoms with Crippen LogP contribution >= 0.6 is 0 Å². The number of hydrogen-bond donors (Lipinski definition) is 2. The minimum atomic E-state index is -0.895. The van der Waals surface area contributed by atoms with Crippen molar-refractivity contribution in [3.63, 3.8) is 0 Å². The SMILES string of the molecule is CC1CCNC(C(=O)NC(C)c2ccc(F)c(F)c2)C1. The molecule has 1 fully saturated rings. The van der Waals surface area contributed by atoms with Gasteiger partial charge in [0.05, 0.1) is 12.1 Å². The van der Waals surface area contributed by atoms with Crippen molar-refractivity contribution in [2.24, 2.45) is 5.92 Å². The average molecular weight is 282 g/mol. The maximum atomic E-state index is 13.2. The molecule has 3 unspecified atom stereocenters. The molecule has 0 spiro atoms. The molecule has 5 heteroatoms. The summed E-state index contributed by atoms with van der Waals surface area (Å²) < 4.78 is 26.1. The number of carbonyl (C=O) groups excluding carboxylic acids is 1. The second-order valence-corrected chi connectivity index (χ2v) is 5.54. The molecule has 3 nitrogen and oxygen atoms in total. The Kier molecular flexibility index (Phi) is 4.70. The van der Waals surface area contributed by atoms with Crippen molar-refractivity contribution in [2.75, 3.05) is 6.54 Å². The van der Waals surface area contributed by atoms with Gasteiger partial charge in [0.25, 0.3) is 0 Å². The third-order valence-corrected chi connectivity index (χ3v) is 3.78. The number of benzene rings is 1. The van der Waals surface area contributed by atoms with Crippen LogP contribution in [0.2, 0.25) is 0 Å². The Morgan fingerprint density at radius 3 is 2.80 bits per heavy atom. The second kappa shape index (κ2) is 6.31. The van der Waals surface area contributed by atoms with Crippen molar-refractivity contribution >= 4 is 5.91 Å². The Labute approximate surface area is 117 Å². The fourth-order valence-corrected chi connectivity index (χ4v) is 2.49. The van der Waals surface area contributed by atoms with Crippen LogP contribution in [0.1, 0.15) is 38.3 Å². The highest BCUT2D eigenvalue weighted by Crippen LogP contribution is 2.18. The first-order chi connectivity index (χ1) is 9.47. The topological polar surface area (TPSA) is 41.1 Å². The van der Waals surface area contributed by atoms with Gasteiger partial charge in [-0.1, -0.05) is 13.0 Å². The fourth-order valence-electron chi connectivity index (χ4n) is 2.49. The first-order valence-corrected chi connectivity index (χ1v) is 6.96. The lowest BCUT2D eigenvalue weighted by atomic mass is 9.93. The zero-order valence-electron chi connectivity index (χ0n) is 11.7. The van der Waals surface area contributed by atoms with Gasteiger partial charge in [0, 0.05) is 0 Å². The van der Waals surface area contributed by atoms with E-state index in [9.17, 15) is 13.6 Å². The molecule has 1 aromatic carbocycles. The van der Waals surface area contributed by atoms with Gasteiger partial charge in [-0.2, -0.15) is 0 Å². The quantitative estimate of drug-likeness (QED) is 0.894. The molecule has 0 radical (unpaired) electrons. The van der Waals surface area contributed by atoms with Gasteiger partial charge in [0.1, 0.15) is 0 Å². The van der Waals surface area contributed by atoms with Crippen molar-refractivity contribution < 1.29 is 13.6 Å². The Balaban J connectivity index is 1.97. The number of amides is 1. The highest BCUT2D eigenvalue weighted by atomic mass is 19.2. The molecule has 3 atom stereocenters. The van der Waals surface area contributed by atoms with Crippen LogP contribution in [-0.2, 0) is 4.79 Å². The summed E-state index contributed by atoms with van der Waals surface area (Å²) in [6.07, 6.45) is 1.87. The van der Waals surface area contributed by atoms with E-state index in [2.05, 4.69) is 17.6 Å². The van der Waals surface area contributed by atoms with Gasteiger partial charge in [-0.05, 0) is 49.9 Å². The Hall–Kier alpha value is -1.49. The Bertz CT molecular complexity index is 493. The molecule has 2 rings (SSSR count). The molecule has 0 bridgehead atoms. The predicted molar refractivity (Wildman–Crippen MR) is 73.1 cm³/mol. The summed E-state index contributed by atoms with van der Waals surface area (Å²) in [7, 11) is 0. The lowest BCUT2D eigenvalue weighted by molar-refractivity contribution is -0.124. The minimum absolute atomic E-state index is 0.0891. The van der Waals surface area contributed by atoms with Crippen molar-refractivity contribution in [3.05, 3.63) is 35.4 Å². The first-order valence-electron chi connectivity index (χ1n) is 6.96. The van der Waals surface area contributed by atoms with E-state index in [4.69, 9.17) is 0 Å². The predicted octanol–water partition coefficient (Wildman–Crippen LogP) is 2.53. The number of piperidine rings is 1. The molecular formula is C15H20F2N2O. The van der Waals surface area contributed by atoms with Crippen molar-refractivity contribution in [3.8, 4) is 0 Å². The smallest absolute Gasteiger partial charge is 0.237 e. The van der Waals surface area contributed by atoms with Gasteiger partial charge >= 0.3 is 0 Å². The zero-order valence-corrected chi connectivity index (χ0v) is 11.7. The summed E-state index contributed by atoms with van der Waals surface area (Å²) in [6.45, 7) is 4.72. The van der Waals surface area contributed by atoms with Gasteiger partial charge in [-0.15, -0.1) is 0 Å². The zero-order chi connectivity index (χ0) is 14.7. The van der Waals surface area contributed by atoms with Gasteiger partial charge in [0.2, 0.25) is 5.91 Å². The summed E-state index contributed by atoms with van der Waals surface area (Å²) in [5, 5.41) is 6.02. The molecule has 2 N–H and O–H groups in total. The third kappa shape index (κ3) is 3.54. The van der Waals surface area contributed by atoms with Crippen LogP contribution in [0.25, 0.3) is 0 Å². The maximum Gasteiger partial charge on any atom is 0.237 e. The highest BCUT2D eigenvalue weighted by molar-refractivity contribution is 5.82. The molecule has 1 saturated heterocycles. The second-order valence-electron chi connectivity index (χ2n) is 5.54. The molecule has 1 aliphatic heterocycles. The van der Waals surface area contributed by atoms with Gasteiger partial charge in [-0.3, -0.25) is 4.79 Å². The van der Waals surface area contributed by atoms with Crippen LogP contribution in [0.15, 0.2) is 18.2 Å². The summed E-state index contributed by atoms with van der Waals surface area (Å²) in [5.41, 5.74) is 0.557. The first kappa shape index (κ1) is 14.9. The van der Waals surface area contributed by atoms with Crippen LogP contribution in [0, 0.1) is 17.6 Å². The third-order valence-electron chi connectivity index (χ3n) is 3.78. The number of carbonyl (C=O) groups is 1. The molecule has 0 saturated carbocycles. The van der Waals surface area contributed by atoms with Gasteiger partial charge in [-0.25, -0.2) is 8.78 Å². The standard InChI is InChI=1S/C15H20F2N2O/c1-9-5-6-18-14(7-9)15(20)19-10(2)11-3-4-12(16)13(17)8-11/h3-4,8-10,14,18H,5-7H2,1-2H3,(H,19,20). The van der Waals surface area contributed by atoms with E-state index in [1.54, 1.807) is 6.92 Å². The van der Waals surface area contributed by atoms with Crippen LogP contribution < -0.4 is 10.6 Å². The van der Waals surface area contributed by atoms with Crippen LogP contribution in [0.5, 0.6) is 0 Å². The van der Waals surface area contributed by atoms with Gasteiger partial charge in [0.15, 0.2) is 11.6 Å². The summed E-state index contributed by atoms with van der Waals surface area (Å²) in [5.74, 6) is -1.34. The molecule has 1 amide bonds. The van der Waals surface area contributed by atoms with E-state index in [0.29, 0.717) is 11.5 Å². The lowest BCUT2D eigenvalue weighted by Gasteiger charge is -2.28. The molecular weight excluding hydrogens is 262 g/mol. The molecule has 1 aliphatic rings. The normalized spacial score (nSPS) is 24.2. The van der Waals surface area contributed by atoms with Crippen molar-refractivity contribution in [1.29, 1.82) is 0 Å². The molecule has 20 heavy (non-hydrogen) atoms. The van der Waals surface area contributed by atoms with E-state index >= 15 is 0 Å². The fraction of sp³-hybridized carbons (Fsp3) is 0.533.